The van der Waals surface area contributed by atoms with Crippen molar-refractivity contribution in [2.75, 3.05) is 19.7 Å². The molecule has 0 aliphatic carbocycles. The van der Waals surface area contributed by atoms with E-state index in [2.05, 4.69) is 21.2 Å². The molecule has 0 saturated heterocycles. The number of hydrogen-bond acceptors (Lipinski definition) is 4. The van der Waals surface area contributed by atoms with Crippen molar-refractivity contribution in [2.45, 2.75) is 45.3 Å². The maximum atomic E-state index is 10.1. The van der Waals surface area contributed by atoms with Crippen LogP contribution in [0.4, 0.5) is 0 Å². The maximum Gasteiger partial charge on any atom is 0.133 e. The van der Waals surface area contributed by atoms with Crippen LogP contribution in [0.5, 0.6) is 5.75 Å². The summed E-state index contributed by atoms with van der Waals surface area (Å²) in [6.45, 7) is 7.01. The van der Waals surface area contributed by atoms with Gasteiger partial charge in [-0.05, 0) is 53.4 Å². The standard InChI is InChI=1S/C16H26BrNO3/c1-4-16(20,5-2)11-18-9-13(19)10-21-15-7-6-12(3)8-14(15)17/h6-8,13,18-20H,4-5,9-11H2,1-3H3. The third-order valence-corrected chi connectivity index (χ3v) is 4.29. The average Bonchev–Trinajstić information content (AvgIpc) is 2.46. The lowest BCUT2D eigenvalue weighted by Gasteiger charge is -2.26. The van der Waals surface area contributed by atoms with Gasteiger partial charge in [-0.3, -0.25) is 0 Å². The molecular weight excluding hydrogens is 334 g/mol. The highest BCUT2D eigenvalue weighted by atomic mass is 79.9. The fourth-order valence-electron chi connectivity index (χ4n) is 1.94. The topological polar surface area (TPSA) is 61.7 Å². The Labute approximate surface area is 135 Å². The number of hydrogen-bond donors (Lipinski definition) is 3. The van der Waals surface area contributed by atoms with Gasteiger partial charge < -0.3 is 20.3 Å². The predicted molar refractivity (Wildman–Crippen MR) is 88.8 cm³/mol. The molecule has 0 aliphatic heterocycles. The quantitative estimate of drug-likeness (QED) is 0.634. The molecular formula is C16H26BrNO3. The molecule has 3 N–H and O–H groups in total. The first-order valence-electron chi connectivity index (χ1n) is 7.40. The number of ether oxygens (including phenoxy) is 1. The number of benzene rings is 1. The minimum atomic E-state index is -0.694. The number of nitrogens with one attached hydrogen (secondary N) is 1. The molecule has 0 radical (unpaired) electrons. The van der Waals surface area contributed by atoms with Crippen LogP contribution in [-0.2, 0) is 0 Å². The molecule has 120 valence electrons. The van der Waals surface area contributed by atoms with Crippen molar-refractivity contribution in [1.82, 2.24) is 5.32 Å². The van der Waals surface area contributed by atoms with E-state index in [1.807, 2.05) is 39.0 Å². The van der Waals surface area contributed by atoms with E-state index >= 15 is 0 Å². The molecule has 4 nitrogen and oxygen atoms in total. The fraction of sp³-hybridized carbons (Fsp3) is 0.625. The van der Waals surface area contributed by atoms with Crippen molar-refractivity contribution in [3.8, 4) is 5.75 Å². The third kappa shape index (κ3) is 6.34. The molecule has 0 saturated carbocycles. The Morgan fingerprint density at radius 2 is 2.00 bits per heavy atom. The summed E-state index contributed by atoms with van der Waals surface area (Å²) in [6, 6.07) is 5.82. The van der Waals surface area contributed by atoms with Crippen molar-refractivity contribution < 1.29 is 14.9 Å². The Bertz CT molecular complexity index is 436. The smallest absolute Gasteiger partial charge is 0.133 e. The summed E-state index contributed by atoms with van der Waals surface area (Å²) >= 11 is 3.44. The minimum absolute atomic E-state index is 0.214. The van der Waals surface area contributed by atoms with E-state index in [1.54, 1.807) is 0 Å². The molecule has 1 aromatic rings. The molecule has 0 amide bonds. The van der Waals surface area contributed by atoms with Crippen LogP contribution in [-0.4, -0.2) is 41.6 Å². The zero-order valence-corrected chi connectivity index (χ0v) is 14.6. The minimum Gasteiger partial charge on any atom is -0.490 e. The second kappa shape index (κ2) is 8.73. The summed E-state index contributed by atoms with van der Waals surface area (Å²) in [5.74, 6) is 0.721. The van der Waals surface area contributed by atoms with Gasteiger partial charge in [0.25, 0.3) is 0 Å². The van der Waals surface area contributed by atoms with E-state index in [-0.39, 0.29) is 6.61 Å². The first kappa shape index (κ1) is 18.4. The maximum absolute atomic E-state index is 10.1. The molecule has 5 heteroatoms. The predicted octanol–water partition coefficient (Wildman–Crippen LogP) is 2.64. The Kier molecular flexibility index (Phi) is 7.66. The van der Waals surface area contributed by atoms with Crippen LogP contribution in [0.2, 0.25) is 0 Å². The number of rotatable bonds is 9. The van der Waals surface area contributed by atoms with Gasteiger partial charge in [0.15, 0.2) is 0 Å². The highest BCUT2D eigenvalue weighted by molar-refractivity contribution is 9.10. The molecule has 0 spiro atoms. The Hall–Kier alpha value is -0.620. The molecule has 1 aromatic carbocycles. The monoisotopic (exact) mass is 359 g/mol. The zero-order chi connectivity index (χ0) is 15.9. The summed E-state index contributed by atoms with van der Waals surface area (Å²) in [7, 11) is 0. The summed E-state index contributed by atoms with van der Waals surface area (Å²) in [5, 5.41) is 23.1. The zero-order valence-electron chi connectivity index (χ0n) is 13.0. The van der Waals surface area contributed by atoms with Crippen LogP contribution in [0, 0.1) is 6.92 Å². The van der Waals surface area contributed by atoms with Gasteiger partial charge in [0.05, 0.1) is 10.1 Å². The van der Waals surface area contributed by atoms with Gasteiger partial charge in [-0.25, -0.2) is 0 Å². The molecule has 21 heavy (non-hydrogen) atoms. The van der Waals surface area contributed by atoms with Gasteiger partial charge in [-0.2, -0.15) is 0 Å². The van der Waals surface area contributed by atoms with E-state index in [0.717, 1.165) is 15.8 Å². The van der Waals surface area contributed by atoms with Crippen LogP contribution < -0.4 is 10.1 Å². The number of halogens is 1. The number of aliphatic hydroxyl groups is 2. The van der Waals surface area contributed by atoms with Crippen molar-refractivity contribution in [1.29, 1.82) is 0 Å². The summed E-state index contributed by atoms with van der Waals surface area (Å²) in [4.78, 5) is 0. The lowest BCUT2D eigenvalue weighted by Crippen LogP contribution is -2.43. The summed E-state index contributed by atoms with van der Waals surface area (Å²) in [5.41, 5.74) is 0.454. The second-order valence-corrected chi connectivity index (χ2v) is 6.32. The molecule has 0 aromatic heterocycles. The molecule has 0 aliphatic rings. The molecule has 0 bridgehead atoms. The van der Waals surface area contributed by atoms with Crippen molar-refractivity contribution in [3.05, 3.63) is 28.2 Å². The van der Waals surface area contributed by atoms with Crippen LogP contribution in [0.1, 0.15) is 32.3 Å². The third-order valence-electron chi connectivity index (χ3n) is 3.67. The van der Waals surface area contributed by atoms with E-state index in [0.29, 0.717) is 25.9 Å². The van der Waals surface area contributed by atoms with Crippen LogP contribution in [0.3, 0.4) is 0 Å². The average molecular weight is 360 g/mol. The Morgan fingerprint density at radius 1 is 1.33 bits per heavy atom. The van der Waals surface area contributed by atoms with E-state index < -0.39 is 11.7 Å². The van der Waals surface area contributed by atoms with E-state index in [1.165, 1.54) is 0 Å². The van der Waals surface area contributed by atoms with E-state index in [4.69, 9.17) is 4.74 Å². The van der Waals surface area contributed by atoms with Gasteiger partial charge in [0.2, 0.25) is 0 Å². The van der Waals surface area contributed by atoms with Gasteiger partial charge in [-0.15, -0.1) is 0 Å². The van der Waals surface area contributed by atoms with Crippen LogP contribution >= 0.6 is 15.9 Å². The second-order valence-electron chi connectivity index (χ2n) is 5.46. The molecule has 1 atom stereocenters. The van der Waals surface area contributed by atoms with Gasteiger partial charge in [-0.1, -0.05) is 19.9 Å². The van der Waals surface area contributed by atoms with Crippen molar-refractivity contribution >= 4 is 15.9 Å². The lowest BCUT2D eigenvalue weighted by molar-refractivity contribution is 0.0270. The highest BCUT2D eigenvalue weighted by Gasteiger charge is 2.21. The Morgan fingerprint density at radius 3 is 2.57 bits per heavy atom. The fourth-order valence-corrected chi connectivity index (χ4v) is 2.55. The molecule has 0 fully saturated rings. The SMILES string of the molecule is CCC(O)(CC)CNCC(O)COc1ccc(C)cc1Br. The normalized spacial score (nSPS) is 13.2. The summed E-state index contributed by atoms with van der Waals surface area (Å²) in [6.07, 6.45) is 0.773. The number of aliphatic hydroxyl groups excluding tert-OH is 1. The number of aryl methyl sites for hydroxylation is 1. The highest BCUT2D eigenvalue weighted by Crippen LogP contribution is 2.25. The first-order valence-corrected chi connectivity index (χ1v) is 8.19. The molecule has 1 rings (SSSR count). The van der Waals surface area contributed by atoms with Crippen molar-refractivity contribution in [2.24, 2.45) is 0 Å². The van der Waals surface area contributed by atoms with Gasteiger partial charge in [0.1, 0.15) is 18.5 Å². The summed E-state index contributed by atoms with van der Waals surface area (Å²) < 4.78 is 6.47. The van der Waals surface area contributed by atoms with Crippen molar-refractivity contribution in [3.63, 3.8) is 0 Å². The van der Waals surface area contributed by atoms with Gasteiger partial charge in [0, 0.05) is 13.1 Å². The molecule has 1 unspecified atom stereocenters. The largest absolute Gasteiger partial charge is 0.490 e. The Balaban J connectivity index is 2.32. The van der Waals surface area contributed by atoms with Gasteiger partial charge >= 0.3 is 0 Å². The van der Waals surface area contributed by atoms with E-state index in [9.17, 15) is 10.2 Å². The first-order chi connectivity index (χ1) is 9.90. The van der Waals surface area contributed by atoms with Crippen LogP contribution in [0.15, 0.2) is 22.7 Å². The lowest BCUT2D eigenvalue weighted by atomic mass is 9.97. The molecule has 0 heterocycles. The van der Waals surface area contributed by atoms with Crippen LogP contribution in [0.25, 0.3) is 0 Å².